The van der Waals surface area contributed by atoms with Crippen molar-refractivity contribution in [1.82, 2.24) is 4.90 Å². The van der Waals surface area contributed by atoms with Crippen molar-refractivity contribution in [3.63, 3.8) is 0 Å². The Kier molecular flexibility index (Phi) is 6.33. The number of likely N-dealkylation sites (tertiary alicyclic amines) is 1. The quantitative estimate of drug-likeness (QED) is 0.377. The van der Waals surface area contributed by atoms with Crippen LogP contribution in [0.5, 0.6) is 0 Å². The van der Waals surface area contributed by atoms with E-state index in [-0.39, 0.29) is 12.4 Å². The molecule has 1 saturated heterocycles. The molecule has 3 heterocycles. The molecule has 0 saturated carbocycles. The Hall–Kier alpha value is -1.81. The fraction of sp³-hybridized carbons (Fsp3) is 0.357. The van der Waals surface area contributed by atoms with Crippen LogP contribution in [-0.4, -0.2) is 30.6 Å². The van der Waals surface area contributed by atoms with E-state index in [0.717, 1.165) is 23.7 Å². The topological polar surface area (TPSA) is 6.48 Å². The Morgan fingerprint density at radius 1 is 0.875 bits per heavy atom. The van der Waals surface area contributed by atoms with E-state index in [2.05, 4.69) is 92.5 Å². The Morgan fingerprint density at radius 3 is 2.53 bits per heavy atom. The molecule has 2 nitrogen and oxygen atoms in total. The number of aryl methyl sites for hydroxylation is 3. The zero-order valence-electron chi connectivity index (χ0n) is 18.3. The molecule has 6 rings (SSSR count). The maximum atomic E-state index is 3.54. The van der Waals surface area contributed by atoms with E-state index >= 15 is 0 Å². The van der Waals surface area contributed by atoms with Crippen molar-refractivity contribution < 1.29 is 0 Å². The summed E-state index contributed by atoms with van der Waals surface area (Å²) in [6, 6.07) is 25.6. The minimum Gasteiger partial charge on any atom is -0.337 e. The summed E-state index contributed by atoms with van der Waals surface area (Å²) in [5.74, 6) is 0.627. The number of para-hydroxylation sites is 2. The number of rotatable bonds is 4. The van der Waals surface area contributed by atoms with Crippen LogP contribution in [-0.2, 0) is 19.3 Å². The fourth-order valence-electron chi connectivity index (χ4n) is 6.08. The zero-order valence-corrected chi connectivity index (χ0v) is 20.7. The van der Waals surface area contributed by atoms with E-state index < -0.39 is 0 Å². The van der Waals surface area contributed by atoms with E-state index in [0.29, 0.717) is 12.0 Å². The molecular formula is C28H30BrClN2. The molecule has 4 heteroatoms. The number of benzene rings is 3. The van der Waals surface area contributed by atoms with Gasteiger partial charge in [0.05, 0.1) is 0 Å². The van der Waals surface area contributed by atoms with E-state index in [4.69, 9.17) is 0 Å². The van der Waals surface area contributed by atoms with Gasteiger partial charge in [-0.05, 0) is 79.1 Å². The van der Waals surface area contributed by atoms with Gasteiger partial charge in [0.1, 0.15) is 0 Å². The van der Waals surface area contributed by atoms with Crippen molar-refractivity contribution in [2.75, 3.05) is 24.5 Å². The summed E-state index contributed by atoms with van der Waals surface area (Å²) < 4.78 is 1.16. The summed E-state index contributed by atoms with van der Waals surface area (Å²) in [5, 5.41) is 0. The first-order valence-electron chi connectivity index (χ1n) is 11.7. The highest BCUT2D eigenvalue weighted by Crippen LogP contribution is 2.52. The van der Waals surface area contributed by atoms with Gasteiger partial charge in [0.15, 0.2) is 0 Å². The number of halogens is 2. The van der Waals surface area contributed by atoms with Crippen LogP contribution in [0.2, 0.25) is 0 Å². The number of piperidine rings is 1. The Morgan fingerprint density at radius 2 is 1.66 bits per heavy atom. The number of hydrogen-bond acceptors (Lipinski definition) is 2. The molecule has 3 aliphatic heterocycles. The van der Waals surface area contributed by atoms with Crippen LogP contribution >= 0.6 is 28.3 Å². The predicted octanol–water partition coefficient (Wildman–Crippen LogP) is 6.91. The first-order valence-corrected chi connectivity index (χ1v) is 12.5. The highest BCUT2D eigenvalue weighted by atomic mass is 79.9. The van der Waals surface area contributed by atoms with Crippen LogP contribution in [0.15, 0.2) is 71.2 Å². The zero-order chi connectivity index (χ0) is 20.8. The summed E-state index contributed by atoms with van der Waals surface area (Å²) in [6.07, 6.45) is 5.97. The smallest absolute Gasteiger partial charge is 0.0483 e. The fourth-order valence-corrected chi connectivity index (χ4v) is 6.34. The third-order valence-corrected chi connectivity index (χ3v) is 8.08. The number of hydrogen-bond donors (Lipinski definition) is 0. The molecular weight excluding hydrogens is 480 g/mol. The molecule has 2 atom stereocenters. The van der Waals surface area contributed by atoms with E-state index in [1.165, 1.54) is 49.3 Å². The van der Waals surface area contributed by atoms with Gasteiger partial charge in [0, 0.05) is 40.9 Å². The maximum Gasteiger partial charge on any atom is 0.0483 e. The Balaban J connectivity index is 0.00000216. The SMILES string of the molecule is Brc1ccc(CCCN2CCC3C(C2)c2cccc4c2N3c2ccccc2CC4)cc1.Cl. The molecule has 0 N–H and O–H groups in total. The molecule has 3 aromatic carbocycles. The molecule has 0 bridgehead atoms. The van der Waals surface area contributed by atoms with Crippen LogP contribution < -0.4 is 4.90 Å². The lowest BCUT2D eigenvalue weighted by Gasteiger charge is -2.39. The van der Waals surface area contributed by atoms with Crippen LogP contribution in [0.4, 0.5) is 11.4 Å². The molecule has 0 radical (unpaired) electrons. The standard InChI is InChI=1S/C28H29BrN2.ClH/c29-23-14-10-20(11-15-23)5-4-17-30-18-16-27-25(19-30)24-8-3-7-22-13-12-21-6-1-2-9-26(21)31(27)28(22)24;/h1-3,6-11,14-15,25,27H,4-5,12-13,16-19H2;1H. The lowest BCUT2D eigenvalue weighted by molar-refractivity contribution is 0.195. The maximum absolute atomic E-state index is 3.54. The van der Waals surface area contributed by atoms with Gasteiger partial charge in [-0.15, -0.1) is 12.4 Å². The second-order valence-corrected chi connectivity index (χ2v) is 10.3. The molecule has 3 aromatic rings. The first kappa shape index (κ1) is 22.0. The van der Waals surface area contributed by atoms with E-state index in [1.807, 2.05) is 0 Å². The van der Waals surface area contributed by atoms with Crippen molar-refractivity contribution in [1.29, 1.82) is 0 Å². The van der Waals surface area contributed by atoms with Crippen LogP contribution in [0, 0.1) is 0 Å². The van der Waals surface area contributed by atoms with Crippen molar-refractivity contribution in [2.24, 2.45) is 0 Å². The van der Waals surface area contributed by atoms with Gasteiger partial charge in [-0.25, -0.2) is 0 Å². The van der Waals surface area contributed by atoms with Gasteiger partial charge >= 0.3 is 0 Å². The van der Waals surface area contributed by atoms with Crippen molar-refractivity contribution in [3.05, 3.63) is 93.5 Å². The second-order valence-electron chi connectivity index (χ2n) is 9.35. The lowest BCUT2D eigenvalue weighted by Crippen LogP contribution is -2.45. The normalized spacial score (nSPS) is 21.2. The van der Waals surface area contributed by atoms with E-state index in [1.54, 1.807) is 16.8 Å². The molecule has 0 amide bonds. The van der Waals surface area contributed by atoms with Gasteiger partial charge in [-0.2, -0.15) is 0 Å². The number of fused-ring (bicyclic) bond motifs is 5. The van der Waals surface area contributed by atoms with Crippen LogP contribution in [0.3, 0.4) is 0 Å². The summed E-state index contributed by atoms with van der Waals surface area (Å²) in [6.45, 7) is 3.61. The molecule has 2 unspecified atom stereocenters. The van der Waals surface area contributed by atoms with Gasteiger partial charge < -0.3 is 9.80 Å². The molecule has 32 heavy (non-hydrogen) atoms. The minimum absolute atomic E-state index is 0. The number of nitrogens with zero attached hydrogens (tertiary/aromatic N) is 2. The Bertz CT molecular complexity index is 1100. The molecule has 166 valence electrons. The molecule has 3 aliphatic rings. The summed E-state index contributed by atoms with van der Waals surface area (Å²) >= 11 is 3.54. The number of anilines is 2. The van der Waals surface area contributed by atoms with Gasteiger partial charge in [0.25, 0.3) is 0 Å². The Labute approximate surface area is 206 Å². The third-order valence-electron chi connectivity index (χ3n) is 7.55. The second kappa shape index (κ2) is 9.21. The highest BCUT2D eigenvalue weighted by molar-refractivity contribution is 9.10. The van der Waals surface area contributed by atoms with E-state index in [9.17, 15) is 0 Å². The first-order chi connectivity index (χ1) is 15.3. The summed E-state index contributed by atoms with van der Waals surface area (Å²) in [7, 11) is 0. The average Bonchev–Trinajstić information content (AvgIpc) is 3.03. The third kappa shape index (κ3) is 3.89. The minimum atomic E-state index is 0. The van der Waals surface area contributed by atoms with Crippen molar-refractivity contribution in [2.45, 2.75) is 44.1 Å². The lowest BCUT2D eigenvalue weighted by atomic mass is 9.87. The van der Waals surface area contributed by atoms with Gasteiger partial charge in [-0.3, -0.25) is 0 Å². The molecule has 1 fully saturated rings. The van der Waals surface area contributed by atoms with Gasteiger partial charge in [0.2, 0.25) is 0 Å². The monoisotopic (exact) mass is 508 g/mol. The van der Waals surface area contributed by atoms with Crippen LogP contribution in [0.25, 0.3) is 0 Å². The summed E-state index contributed by atoms with van der Waals surface area (Å²) in [4.78, 5) is 5.45. The summed E-state index contributed by atoms with van der Waals surface area (Å²) in [5.41, 5.74) is 9.10. The predicted molar refractivity (Wildman–Crippen MR) is 140 cm³/mol. The average molecular weight is 510 g/mol. The molecule has 0 spiro atoms. The largest absolute Gasteiger partial charge is 0.337 e. The van der Waals surface area contributed by atoms with Crippen LogP contribution in [0.1, 0.15) is 41.0 Å². The highest BCUT2D eigenvalue weighted by Gasteiger charge is 2.44. The van der Waals surface area contributed by atoms with Crippen molar-refractivity contribution in [3.8, 4) is 0 Å². The molecule has 0 aromatic heterocycles. The van der Waals surface area contributed by atoms with Gasteiger partial charge in [-0.1, -0.05) is 64.5 Å². The van der Waals surface area contributed by atoms with Crippen molar-refractivity contribution >= 4 is 39.7 Å². The molecule has 0 aliphatic carbocycles.